The van der Waals surface area contributed by atoms with Gasteiger partial charge in [-0.15, -0.1) is 0 Å². The molecule has 6 nitrogen and oxygen atoms in total. The van der Waals surface area contributed by atoms with Crippen LogP contribution in [0.15, 0.2) is 0 Å². The molecule has 0 aromatic rings. The van der Waals surface area contributed by atoms with Crippen molar-refractivity contribution < 1.29 is 27.7 Å². The molecule has 0 saturated carbocycles. The molecule has 0 rings (SSSR count). The third kappa shape index (κ3) is 23.0. The largest absolute Gasteiger partial charge is 0.472 e. The summed E-state index contributed by atoms with van der Waals surface area (Å²) in [6, 6.07) is 0. The van der Waals surface area contributed by atoms with E-state index in [0.29, 0.717) is 11.0 Å². The minimum absolute atomic E-state index is 0.0904. The first-order valence-electron chi connectivity index (χ1n) is 12.7. The summed E-state index contributed by atoms with van der Waals surface area (Å²) in [5.41, 5.74) is 0. The van der Waals surface area contributed by atoms with E-state index < -0.39 is 7.82 Å². The van der Waals surface area contributed by atoms with Crippen LogP contribution in [0.3, 0.4) is 0 Å². The van der Waals surface area contributed by atoms with Crippen molar-refractivity contribution in [3.8, 4) is 0 Å². The molecule has 0 radical (unpaired) electrons. The van der Waals surface area contributed by atoms with Gasteiger partial charge in [-0.1, -0.05) is 96.8 Å². The highest BCUT2D eigenvalue weighted by Gasteiger charge is 2.24. The van der Waals surface area contributed by atoms with Crippen molar-refractivity contribution >= 4 is 7.82 Å². The Bertz CT molecular complexity index is 442. The summed E-state index contributed by atoms with van der Waals surface area (Å²) in [4.78, 5) is 9.80. The molecule has 0 bridgehead atoms. The maximum atomic E-state index is 12.0. The number of hydrogen-bond donors (Lipinski definition) is 1. The highest BCUT2D eigenvalue weighted by Crippen LogP contribution is 2.43. The number of ether oxygens (including phenoxy) is 1. The summed E-state index contributed by atoms with van der Waals surface area (Å²) in [5, 5.41) is 0. The van der Waals surface area contributed by atoms with E-state index in [4.69, 9.17) is 13.8 Å². The zero-order valence-electron chi connectivity index (χ0n) is 21.3. The van der Waals surface area contributed by atoms with Gasteiger partial charge in [0.25, 0.3) is 0 Å². The third-order valence-electron chi connectivity index (χ3n) is 5.65. The average Bonchev–Trinajstić information content (AvgIpc) is 2.69. The first kappa shape index (κ1) is 31.0. The lowest BCUT2D eigenvalue weighted by Gasteiger charge is -2.24. The Morgan fingerprint density at radius 2 is 1.23 bits per heavy atom. The third-order valence-corrected chi connectivity index (χ3v) is 6.64. The van der Waals surface area contributed by atoms with Crippen molar-refractivity contribution in [2.45, 2.75) is 109 Å². The molecule has 0 aromatic carbocycles. The summed E-state index contributed by atoms with van der Waals surface area (Å²) in [6.07, 6.45) is 19.3. The van der Waals surface area contributed by atoms with Gasteiger partial charge >= 0.3 is 7.82 Å². The maximum absolute atomic E-state index is 12.0. The molecule has 1 N–H and O–H groups in total. The van der Waals surface area contributed by atoms with E-state index in [-0.39, 0.29) is 19.3 Å². The molecular weight excluding hydrogens is 413 g/mol. The zero-order chi connectivity index (χ0) is 23.4. The topological polar surface area (TPSA) is 65.0 Å². The summed E-state index contributed by atoms with van der Waals surface area (Å²) in [5.74, 6) is 0. The number of nitrogens with zero attached hydrogens (tertiary/aromatic N) is 1. The van der Waals surface area contributed by atoms with Crippen LogP contribution in [-0.2, 0) is 18.3 Å². The van der Waals surface area contributed by atoms with Crippen LogP contribution in [0.5, 0.6) is 0 Å². The first-order chi connectivity index (χ1) is 14.7. The van der Waals surface area contributed by atoms with Crippen molar-refractivity contribution in [2.24, 2.45) is 0 Å². The summed E-state index contributed by atoms with van der Waals surface area (Å²) < 4.78 is 28.2. The molecule has 0 saturated heterocycles. The number of hydrogen-bond acceptors (Lipinski definition) is 4. The van der Waals surface area contributed by atoms with Crippen LogP contribution in [0.1, 0.15) is 103 Å². The Balaban J connectivity index is 3.59. The van der Waals surface area contributed by atoms with E-state index in [9.17, 15) is 9.46 Å². The van der Waals surface area contributed by atoms with Gasteiger partial charge in [-0.3, -0.25) is 9.05 Å². The molecule has 0 heterocycles. The van der Waals surface area contributed by atoms with Gasteiger partial charge in [-0.2, -0.15) is 0 Å². The number of quaternary nitrogens is 1. The van der Waals surface area contributed by atoms with Crippen molar-refractivity contribution in [1.82, 2.24) is 0 Å². The predicted molar refractivity (Wildman–Crippen MR) is 130 cm³/mol. The number of rotatable bonds is 23. The Labute approximate surface area is 193 Å². The second-order valence-electron chi connectivity index (χ2n) is 9.85. The number of phosphoric ester groups is 1. The molecule has 0 aliphatic heterocycles. The lowest BCUT2D eigenvalue weighted by atomic mass is 10.0. The molecule has 0 aromatic heterocycles. The van der Waals surface area contributed by atoms with Crippen LogP contribution in [0.4, 0.5) is 0 Å². The van der Waals surface area contributed by atoms with Gasteiger partial charge in [0.1, 0.15) is 13.2 Å². The monoisotopic (exact) mass is 466 g/mol. The van der Waals surface area contributed by atoms with E-state index in [2.05, 4.69) is 6.92 Å². The Hall–Kier alpha value is 0.0300. The standard InChI is InChI=1S/C24H52NO5P/c1-6-7-8-9-10-11-12-13-14-15-16-17-18-19-20-24(28-5)23-30-31(26,27)29-22-21-25(2,3)4/h24H,6-23H2,1-5H3/p+1. The van der Waals surface area contributed by atoms with E-state index in [0.717, 1.165) is 12.8 Å². The fourth-order valence-corrected chi connectivity index (χ4v) is 4.22. The van der Waals surface area contributed by atoms with Crippen LogP contribution in [0.2, 0.25) is 0 Å². The number of likely N-dealkylation sites (N-methyl/N-ethyl adjacent to an activating group) is 1. The Kier molecular flexibility index (Phi) is 19.5. The second-order valence-corrected chi connectivity index (χ2v) is 11.3. The van der Waals surface area contributed by atoms with E-state index >= 15 is 0 Å². The molecule has 188 valence electrons. The minimum atomic E-state index is -4.01. The van der Waals surface area contributed by atoms with Crippen molar-refractivity contribution in [2.75, 3.05) is 48.0 Å². The molecular formula is C24H53NO5P+. The minimum Gasteiger partial charge on any atom is -0.379 e. The average molecular weight is 467 g/mol. The van der Waals surface area contributed by atoms with Crippen LogP contribution < -0.4 is 0 Å². The van der Waals surface area contributed by atoms with Crippen molar-refractivity contribution in [1.29, 1.82) is 0 Å². The molecule has 7 heteroatoms. The van der Waals surface area contributed by atoms with Gasteiger partial charge in [-0.05, 0) is 6.42 Å². The van der Waals surface area contributed by atoms with Gasteiger partial charge in [0.05, 0.1) is 33.9 Å². The summed E-state index contributed by atoms with van der Waals surface area (Å²) in [7, 11) is 3.63. The Morgan fingerprint density at radius 3 is 1.65 bits per heavy atom. The highest BCUT2D eigenvalue weighted by molar-refractivity contribution is 7.47. The molecule has 31 heavy (non-hydrogen) atoms. The zero-order valence-corrected chi connectivity index (χ0v) is 22.2. The second kappa shape index (κ2) is 19.5. The fourth-order valence-electron chi connectivity index (χ4n) is 3.48. The molecule has 2 atom stereocenters. The van der Waals surface area contributed by atoms with Crippen LogP contribution >= 0.6 is 7.82 Å². The van der Waals surface area contributed by atoms with Crippen molar-refractivity contribution in [3.63, 3.8) is 0 Å². The van der Waals surface area contributed by atoms with Gasteiger partial charge < -0.3 is 14.1 Å². The van der Waals surface area contributed by atoms with Gasteiger partial charge in [0.15, 0.2) is 0 Å². The SMILES string of the molecule is CCCCCCCCCCCCCCCCC(COP(=O)(O)OCC[N+](C)(C)C)OC. The molecule has 0 amide bonds. The lowest BCUT2D eigenvalue weighted by Crippen LogP contribution is -2.37. The Morgan fingerprint density at radius 1 is 0.774 bits per heavy atom. The van der Waals surface area contributed by atoms with E-state index in [1.807, 2.05) is 21.1 Å². The summed E-state index contributed by atoms with van der Waals surface area (Å²) in [6.45, 7) is 3.19. The molecule has 0 aliphatic carbocycles. The van der Waals surface area contributed by atoms with E-state index in [1.165, 1.54) is 83.5 Å². The quantitative estimate of drug-likeness (QED) is 0.103. The number of phosphoric acid groups is 1. The molecule has 2 unspecified atom stereocenters. The lowest BCUT2D eigenvalue weighted by molar-refractivity contribution is -0.870. The normalized spacial score (nSPS) is 15.2. The summed E-state index contributed by atoms with van der Waals surface area (Å²) >= 11 is 0. The van der Waals surface area contributed by atoms with Gasteiger partial charge in [0, 0.05) is 7.11 Å². The maximum Gasteiger partial charge on any atom is 0.472 e. The highest BCUT2D eigenvalue weighted by atomic mass is 31.2. The van der Waals surface area contributed by atoms with Crippen molar-refractivity contribution in [3.05, 3.63) is 0 Å². The van der Waals surface area contributed by atoms with Crippen LogP contribution in [0.25, 0.3) is 0 Å². The van der Waals surface area contributed by atoms with Gasteiger partial charge in [0.2, 0.25) is 0 Å². The fraction of sp³-hybridized carbons (Fsp3) is 1.00. The smallest absolute Gasteiger partial charge is 0.379 e. The predicted octanol–water partition coefficient (Wildman–Crippen LogP) is 6.71. The first-order valence-corrected chi connectivity index (χ1v) is 14.1. The van der Waals surface area contributed by atoms with Gasteiger partial charge in [-0.25, -0.2) is 4.57 Å². The number of unbranched alkanes of at least 4 members (excludes halogenated alkanes) is 13. The number of methoxy groups -OCH3 is 1. The molecule has 0 fully saturated rings. The molecule has 0 spiro atoms. The van der Waals surface area contributed by atoms with Crippen LogP contribution in [-0.4, -0.2) is 63.5 Å². The molecule has 0 aliphatic rings. The van der Waals surface area contributed by atoms with Crippen LogP contribution in [0, 0.1) is 0 Å². The van der Waals surface area contributed by atoms with E-state index in [1.54, 1.807) is 7.11 Å².